The van der Waals surface area contributed by atoms with Gasteiger partial charge in [-0.25, -0.2) is 8.42 Å². The molecular formula is C20H22N4O3S. The molecule has 0 aliphatic rings. The van der Waals surface area contributed by atoms with E-state index in [1.807, 2.05) is 44.2 Å². The van der Waals surface area contributed by atoms with Gasteiger partial charge in [-0.1, -0.05) is 30.3 Å². The Morgan fingerprint density at radius 1 is 0.893 bits per heavy atom. The van der Waals surface area contributed by atoms with E-state index < -0.39 is 10.0 Å². The van der Waals surface area contributed by atoms with Gasteiger partial charge in [0.15, 0.2) is 5.82 Å². The second kappa shape index (κ2) is 8.71. The number of ether oxygens (including phenoxy) is 1. The Balaban J connectivity index is 1.62. The highest BCUT2D eigenvalue weighted by atomic mass is 32.2. The van der Waals surface area contributed by atoms with Gasteiger partial charge in [0, 0.05) is 6.54 Å². The second-order valence-electron chi connectivity index (χ2n) is 6.39. The molecule has 0 fully saturated rings. The van der Waals surface area contributed by atoms with Gasteiger partial charge in [-0.2, -0.15) is 0 Å². The standard InChI is InChI=1S/C20H22N4O3S/c1-15(2)27-17-8-10-18(11-9-17)28(25,26)24-20-13-12-19(22-23-20)21-14-16-6-4-3-5-7-16/h3-13,15H,14H2,1-2H3,(H,21,22)(H,23,24). The first-order valence-corrected chi connectivity index (χ1v) is 10.3. The summed E-state index contributed by atoms with van der Waals surface area (Å²) in [6, 6.07) is 19.3. The number of hydrogen-bond donors (Lipinski definition) is 2. The van der Waals surface area contributed by atoms with Crippen molar-refractivity contribution < 1.29 is 13.2 Å². The average molecular weight is 398 g/mol. The van der Waals surface area contributed by atoms with Crippen LogP contribution in [-0.4, -0.2) is 24.7 Å². The molecule has 8 heteroatoms. The lowest BCUT2D eigenvalue weighted by Gasteiger charge is -2.11. The van der Waals surface area contributed by atoms with E-state index in [4.69, 9.17) is 4.74 Å². The topological polar surface area (TPSA) is 93.2 Å². The van der Waals surface area contributed by atoms with Crippen LogP contribution in [0.2, 0.25) is 0 Å². The highest BCUT2D eigenvalue weighted by Crippen LogP contribution is 2.19. The summed E-state index contributed by atoms with van der Waals surface area (Å²) in [5.41, 5.74) is 1.11. The molecule has 0 atom stereocenters. The minimum absolute atomic E-state index is 0.0184. The average Bonchev–Trinajstić information content (AvgIpc) is 2.68. The van der Waals surface area contributed by atoms with E-state index in [9.17, 15) is 8.42 Å². The van der Waals surface area contributed by atoms with E-state index >= 15 is 0 Å². The van der Waals surface area contributed by atoms with Crippen molar-refractivity contribution in [3.05, 3.63) is 72.3 Å². The van der Waals surface area contributed by atoms with Gasteiger partial charge in [-0.05, 0) is 55.8 Å². The highest BCUT2D eigenvalue weighted by molar-refractivity contribution is 7.92. The third-order valence-corrected chi connectivity index (χ3v) is 5.10. The summed E-state index contributed by atoms with van der Waals surface area (Å²) in [5, 5.41) is 11.1. The zero-order valence-corrected chi connectivity index (χ0v) is 16.5. The van der Waals surface area contributed by atoms with Gasteiger partial charge in [-0.15, -0.1) is 10.2 Å². The highest BCUT2D eigenvalue weighted by Gasteiger charge is 2.15. The first-order valence-electron chi connectivity index (χ1n) is 8.83. The lowest BCUT2D eigenvalue weighted by atomic mass is 10.2. The van der Waals surface area contributed by atoms with Gasteiger partial charge in [0.25, 0.3) is 10.0 Å². The quantitative estimate of drug-likeness (QED) is 0.601. The Morgan fingerprint density at radius 3 is 2.14 bits per heavy atom. The van der Waals surface area contributed by atoms with Crippen LogP contribution in [0.1, 0.15) is 19.4 Å². The van der Waals surface area contributed by atoms with Crippen LogP contribution < -0.4 is 14.8 Å². The van der Waals surface area contributed by atoms with Crippen molar-refractivity contribution in [1.82, 2.24) is 10.2 Å². The second-order valence-corrected chi connectivity index (χ2v) is 8.07. The molecule has 28 heavy (non-hydrogen) atoms. The molecular weight excluding hydrogens is 376 g/mol. The van der Waals surface area contributed by atoms with Crippen LogP contribution in [0.5, 0.6) is 5.75 Å². The SMILES string of the molecule is CC(C)Oc1ccc(S(=O)(=O)Nc2ccc(NCc3ccccc3)nn2)cc1. The van der Waals surface area contributed by atoms with Crippen molar-refractivity contribution in [3.8, 4) is 5.75 Å². The van der Waals surface area contributed by atoms with Crippen molar-refractivity contribution in [2.24, 2.45) is 0 Å². The van der Waals surface area contributed by atoms with Gasteiger partial charge < -0.3 is 10.1 Å². The predicted molar refractivity (Wildman–Crippen MR) is 109 cm³/mol. The van der Waals surface area contributed by atoms with E-state index in [0.29, 0.717) is 18.1 Å². The summed E-state index contributed by atoms with van der Waals surface area (Å²) in [6.45, 7) is 4.41. The van der Waals surface area contributed by atoms with Crippen LogP contribution >= 0.6 is 0 Å². The largest absolute Gasteiger partial charge is 0.491 e. The monoisotopic (exact) mass is 398 g/mol. The summed E-state index contributed by atoms with van der Waals surface area (Å²) in [7, 11) is -3.76. The van der Waals surface area contributed by atoms with Crippen LogP contribution in [0.25, 0.3) is 0 Å². The van der Waals surface area contributed by atoms with Crippen molar-refractivity contribution in [2.45, 2.75) is 31.4 Å². The molecule has 0 aliphatic carbocycles. The first-order chi connectivity index (χ1) is 13.4. The summed E-state index contributed by atoms with van der Waals surface area (Å²) < 4.78 is 32.9. The molecule has 0 bridgehead atoms. The number of nitrogens with zero attached hydrogens (tertiary/aromatic N) is 2. The number of anilines is 2. The van der Waals surface area contributed by atoms with E-state index in [1.165, 1.54) is 12.1 Å². The molecule has 2 N–H and O–H groups in total. The van der Waals surface area contributed by atoms with Gasteiger partial charge in [-0.3, -0.25) is 4.72 Å². The minimum atomic E-state index is -3.76. The van der Waals surface area contributed by atoms with Crippen LogP contribution in [-0.2, 0) is 16.6 Å². The predicted octanol–water partition coefficient (Wildman–Crippen LogP) is 3.68. The third-order valence-electron chi connectivity index (χ3n) is 3.73. The van der Waals surface area contributed by atoms with Gasteiger partial charge in [0.1, 0.15) is 11.6 Å². The molecule has 0 amide bonds. The maximum Gasteiger partial charge on any atom is 0.263 e. The number of aromatic nitrogens is 2. The molecule has 0 radical (unpaired) electrons. The Hall–Kier alpha value is -3.13. The number of sulfonamides is 1. The molecule has 0 unspecified atom stereocenters. The van der Waals surface area contributed by atoms with Crippen LogP contribution in [0.4, 0.5) is 11.6 Å². The Bertz CT molecular complexity index is 990. The van der Waals surface area contributed by atoms with Gasteiger partial charge in [0.2, 0.25) is 0 Å². The molecule has 3 aromatic rings. The maximum absolute atomic E-state index is 12.5. The third kappa shape index (κ3) is 5.43. The smallest absolute Gasteiger partial charge is 0.263 e. The first kappa shape index (κ1) is 19.6. The van der Waals surface area contributed by atoms with Crippen molar-refractivity contribution >= 4 is 21.7 Å². The lowest BCUT2D eigenvalue weighted by molar-refractivity contribution is 0.242. The molecule has 146 valence electrons. The van der Waals surface area contributed by atoms with Crippen molar-refractivity contribution in [2.75, 3.05) is 10.0 Å². The van der Waals surface area contributed by atoms with Gasteiger partial charge in [0.05, 0.1) is 11.0 Å². The minimum Gasteiger partial charge on any atom is -0.491 e. The van der Waals surface area contributed by atoms with Crippen LogP contribution in [0.3, 0.4) is 0 Å². The zero-order valence-electron chi connectivity index (χ0n) is 15.7. The number of hydrogen-bond acceptors (Lipinski definition) is 6. The molecule has 0 spiro atoms. The molecule has 7 nitrogen and oxygen atoms in total. The normalized spacial score (nSPS) is 11.2. The zero-order chi connectivity index (χ0) is 20.0. The molecule has 3 rings (SSSR count). The number of nitrogens with one attached hydrogen (secondary N) is 2. The van der Waals surface area contributed by atoms with E-state index in [2.05, 4.69) is 20.2 Å². The van der Waals surface area contributed by atoms with Crippen LogP contribution in [0.15, 0.2) is 71.6 Å². The summed E-state index contributed by atoms with van der Waals surface area (Å²) in [4.78, 5) is 0.122. The number of rotatable bonds is 8. The molecule has 1 aromatic heterocycles. The molecule has 0 saturated heterocycles. The lowest BCUT2D eigenvalue weighted by Crippen LogP contribution is -2.14. The van der Waals surface area contributed by atoms with E-state index in [0.717, 1.165) is 5.56 Å². The van der Waals surface area contributed by atoms with E-state index in [1.54, 1.807) is 24.3 Å². The fraction of sp³-hybridized carbons (Fsp3) is 0.200. The van der Waals surface area contributed by atoms with Gasteiger partial charge >= 0.3 is 0 Å². The molecule has 0 aliphatic heterocycles. The Labute approximate surface area is 164 Å². The van der Waals surface area contributed by atoms with Crippen LogP contribution in [0, 0.1) is 0 Å². The fourth-order valence-electron chi connectivity index (χ4n) is 2.44. The Morgan fingerprint density at radius 2 is 1.54 bits per heavy atom. The summed E-state index contributed by atoms with van der Waals surface area (Å²) >= 11 is 0. The van der Waals surface area contributed by atoms with Crippen molar-refractivity contribution in [1.29, 1.82) is 0 Å². The molecule has 0 saturated carbocycles. The maximum atomic E-state index is 12.5. The fourth-order valence-corrected chi connectivity index (χ4v) is 3.43. The molecule has 2 aromatic carbocycles. The van der Waals surface area contributed by atoms with Crippen molar-refractivity contribution in [3.63, 3.8) is 0 Å². The Kier molecular flexibility index (Phi) is 6.10. The summed E-state index contributed by atoms with van der Waals surface area (Å²) in [5.74, 6) is 1.32. The molecule has 1 heterocycles. The van der Waals surface area contributed by atoms with E-state index in [-0.39, 0.29) is 16.8 Å². The summed E-state index contributed by atoms with van der Waals surface area (Å²) in [6.07, 6.45) is 0.0184. The number of benzene rings is 2.